The quantitative estimate of drug-likeness (QED) is 0.324. The minimum Gasteiger partial charge on any atom is -0.326 e. The molecule has 150 valence electrons. The Hall–Kier alpha value is -2.37. The fourth-order valence-electron chi connectivity index (χ4n) is 2.97. The normalized spacial score (nSPS) is 10.8. The van der Waals surface area contributed by atoms with Crippen LogP contribution in [0.2, 0.25) is 15.1 Å². The van der Waals surface area contributed by atoms with Gasteiger partial charge in [0.15, 0.2) is 0 Å². The van der Waals surface area contributed by atoms with Gasteiger partial charge in [0.1, 0.15) is 5.01 Å². The molecule has 1 heterocycles. The Balaban J connectivity index is 1.66. The van der Waals surface area contributed by atoms with Crippen molar-refractivity contribution in [3.8, 4) is 21.8 Å². The number of carbonyl (C=O) groups excluding carboxylic acids is 1. The van der Waals surface area contributed by atoms with Crippen molar-refractivity contribution in [2.75, 3.05) is 5.32 Å². The summed E-state index contributed by atoms with van der Waals surface area (Å²) >= 11 is 19.8. The topological polar surface area (TPSA) is 42.0 Å². The second-order valence-corrected chi connectivity index (χ2v) is 8.80. The summed E-state index contributed by atoms with van der Waals surface area (Å²) in [4.78, 5) is 18.4. The van der Waals surface area contributed by atoms with E-state index >= 15 is 0 Å². The number of benzene rings is 3. The summed E-state index contributed by atoms with van der Waals surface area (Å²) in [5, 5.41) is 5.09. The lowest BCUT2D eigenvalue weighted by molar-refractivity contribution is -0.115. The number of amides is 1. The predicted molar refractivity (Wildman–Crippen MR) is 127 cm³/mol. The Bertz CT molecular complexity index is 1210. The number of rotatable bonds is 5. The maximum Gasteiger partial charge on any atom is 0.229 e. The zero-order chi connectivity index (χ0) is 21.1. The van der Waals surface area contributed by atoms with Crippen LogP contribution in [-0.2, 0) is 11.2 Å². The summed E-state index contributed by atoms with van der Waals surface area (Å²) in [5.41, 5.74) is 3.16. The van der Waals surface area contributed by atoms with Crippen LogP contribution < -0.4 is 5.32 Å². The summed E-state index contributed by atoms with van der Waals surface area (Å²) in [6.45, 7) is 0. The van der Waals surface area contributed by atoms with Crippen LogP contribution in [0.15, 0.2) is 72.8 Å². The number of carbonyl (C=O) groups is 1. The molecule has 4 rings (SSSR count). The summed E-state index contributed by atoms with van der Waals surface area (Å²) in [7, 11) is 0. The van der Waals surface area contributed by atoms with Gasteiger partial charge in [0, 0.05) is 21.7 Å². The SMILES string of the molecule is O=C(Cc1sc(-c2ccccc2Cl)nc1-c1ccccc1)Nc1ccc(Cl)c(Cl)c1. The van der Waals surface area contributed by atoms with E-state index < -0.39 is 0 Å². The third-order valence-corrected chi connectivity index (χ3v) is 6.53. The average molecular weight is 474 g/mol. The lowest BCUT2D eigenvalue weighted by atomic mass is 10.1. The highest BCUT2D eigenvalue weighted by Gasteiger charge is 2.18. The molecule has 0 unspecified atom stereocenters. The zero-order valence-corrected chi connectivity index (χ0v) is 18.6. The van der Waals surface area contributed by atoms with Crippen molar-refractivity contribution in [1.29, 1.82) is 0 Å². The number of anilines is 1. The second-order valence-electron chi connectivity index (χ2n) is 6.49. The molecule has 0 spiro atoms. The average Bonchev–Trinajstić information content (AvgIpc) is 3.15. The van der Waals surface area contributed by atoms with Crippen LogP contribution in [0.5, 0.6) is 0 Å². The van der Waals surface area contributed by atoms with Gasteiger partial charge in [-0.15, -0.1) is 11.3 Å². The van der Waals surface area contributed by atoms with Crippen molar-refractivity contribution in [3.05, 3.63) is 92.7 Å². The van der Waals surface area contributed by atoms with Gasteiger partial charge < -0.3 is 5.32 Å². The molecule has 4 aromatic rings. The van der Waals surface area contributed by atoms with Gasteiger partial charge in [-0.25, -0.2) is 4.98 Å². The summed E-state index contributed by atoms with van der Waals surface area (Å²) in [6, 6.07) is 22.3. The van der Waals surface area contributed by atoms with Crippen LogP contribution in [0.1, 0.15) is 4.88 Å². The highest BCUT2D eigenvalue weighted by Crippen LogP contribution is 2.37. The van der Waals surface area contributed by atoms with E-state index in [2.05, 4.69) is 5.32 Å². The number of hydrogen-bond donors (Lipinski definition) is 1. The molecule has 0 atom stereocenters. The second kappa shape index (κ2) is 9.19. The molecule has 1 amide bonds. The number of halogens is 3. The van der Waals surface area contributed by atoms with Gasteiger partial charge in [-0.2, -0.15) is 0 Å². The Morgan fingerprint density at radius 2 is 1.60 bits per heavy atom. The summed E-state index contributed by atoms with van der Waals surface area (Å²) < 4.78 is 0. The first-order chi connectivity index (χ1) is 14.5. The van der Waals surface area contributed by atoms with E-state index in [0.29, 0.717) is 20.8 Å². The molecule has 0 aliphatic rings. The molecule has 30 heavy (non-hydrogen) atoms. The molecular weight excluding hydrogens is 459 g/mol. The minimum absolute atomic E-state index is 0.167. The molecule has 0 aliphatic heterocycles. The Kier molecular flexibility index (Phi) is 6.40. The fourth-order valence-corrected chi connectivity index (χ4v) is 4.67. The van der Waals surface area contributed by atoms with Crippen LogP contribution in [0, 0.1) is 0 Å². The first kappa shape index (κ1) is 20.9. The van der Waals surface area contributed by atoms with Gasteiger partial charge in [0.25, 0.3) is 0 Å². The first-order valence-electron chi connectivity index (χ1n) is 9.06. The van der Waals surface area contributed by atoms with Crippen LogP contribution in [0.25, 0.3) is 21.8 Å². The minimum atomic E-state index is -0.167. The van der Waals surface area contributed by atoms with Crippen molar-refractivity contribution < 1.29 is 4.79 Å². The Labute approximate surface area is 193 Å². The van der Waals surface area contributed by atoms with Crippen molar-refractivity contribution in [2.24, 2.45) is 0 Å². The predicted octanol–water partition coefficient (Wildman–Crippen LogP) is 7.62. The fraction of sp³-hybridized carbons (Fsp3) is 0.0435. The maximum absolute atomic E-state index is 12.7. The number of hydrogen-bond acceptors (Lipinski definition) is 3. The summed E-state index contributed by atoms with van der Waals surface area (Å²) in [5.74, 6) is -0.167. The van der Waals surface area contributed by atoms with E-state index in [9.17, 15) is 4.79 Å². The van der Waals surface area contributed by atoms with Crippen molar-refractivity contribution >= 4 is 57.7 Å². The van der Waals surface area contributed by atoms with Gasteiger partial charge in [0.2, 0.25) is 5.91 Å². The lowest BCUT2D eigenvalue weighted by Gasteiger charge is -2.06. The zero-order valence-electron chi connectivity index (χ0n) is 15.5. The van der Waals surface area contributed by atoms with Crippen LogP contribution in [-0.4, -0.2) is 10.9 Å². The van der Waals surface area contributed by atoms with Gasteiger partial charge in [0.05, 0.1) is 27.2 Å². The monoisotopic (exact) mass is 472 g/mol. The standard InChI is InChI=1S/C23H15Cl3N2OS/c24-17-9-5-4-8-16(17)23-28-22(14-6-2-1-3-7-14)20(30-23)13-21(29)27-15-10-11-18(25)19(26)12-15/h1-12H,13H2,(H,27,29). The molecule has 7 heteroatoms. The number of nitrogens with zero attached hydrogens (tertiary/aromatic N) is 1. The van der Waals surface area contributed by atoms with E-state index in [1.807, 2.05) is 54.6 Å². The van der Waals surface area contributed by atoms with Gasteiger partial charge >= 0.3 is 0 Å². The molecular formula is C23H15Cl3N2OS. The third-order valence-electron chi connectivity index (χ3n) is 4.37. The van der Waals surface area contributed by atoms with E-state index in [-0.39, 0.29) is 12.3 Å². The molecule has 0 saturated carbocycles. The number of thiazole rings is 1. The highest BCUT2D eigenvalue weighted by atomic mass is 35.5. The lowest BCUT2D eigenvalue weighted by Crippen LogP contribution is -2.14. The van der Waals surface area contributed by atoms with Crippen molar-refractivity contribution in [3.63, 3.8) is 0 Å². The van der Waals surface area contributed by atoms with Gasteiger partial charge in [-0.3, -0.25) is 4.79 Å². The molecule has 0 aliphatic carbocycles. The highest BCUT2D eigenvalue weighted by molar-refractivity contribution is 7.15. The van der Waals surface area contributed by atoms with Crippen LogP contribution in [0.3, 0.4) is 0 Å². The maximum atomic E-state index is 12.7. The van der Waals surface area contributed by atoms with Crippen LogP contribution >= 0.6 is 46.1 Å². The van der Waals surface area contributed by atoms with E-state index in [0.717, 1.165) is 26.7 Å². The molecule has 1 N–H and O–H groups in total. The van der Waals surface area contributed by atoms with E-state index in [4.69, 9.17) is 39.8 Å². The van der Waals surface area contributed by atoms with Crippen molar-refractivity contribution in [2.45, 2.75) is 6.42 Å². The van der Waals surface area contributed by atoms with Gasteiger partial charge in [-0.1, -0.05) is 83.3 Å². The van der Waals surface area contributed by atoms with Crippen LogP contribution in [0.4, 0.5) is 5.69 Å². The number of aromatic nitrogens is 1. The smallest absolute Gasteiger partial charge is 0.229 e. The molecule has 0 radical (unpaired) electrons. The number of nitrogens with one attached hydrogen (secondary N) is 1. The van der Waals surface area contributed by atoms with E-state index in [1.165, 1.54) is 11.3 Å². The molecule has 1 aromatic heterocycles. The van der Waals surface area contributed by atoms with Gasteiger partial charge in [-0.05, 0) is 24.3 Å². The molecule has 3 aromatic carbocycles. The van der Waals surface area contributed by atoms with Crippen molar-refractivity contribution in [1.82, 2.24) is 4.98 Å². The van der Waals surface area contributed by atoms with E-state index in [1.54, 1.807) is 18.2 Å². The molecule has 3 nitrogen and oxygen atoms in total. The Morgan fingerprint density at radius 3 is 2.33 bits per heavy atom. The molecule has 0 saturated heterocycles. The third kappa shape index (κ3) is 4.68. The molecule has 0 bridgehead atoms. The summed E-state index contributed by atoms with van der Waals surface area (Å²) in [6.07, 6.45) is 0.173. The first-order valence-corrected chi connectivity index (χ1v) is 11.0. The Morgan fingerprint density at radius 1 is 0.867 bits per heavy atom. The largest absolute Gasteiger partial charge is 0.326 e. The molecule has 0 fully saturated rings.